The third-order valence-corrected chi connectivity index (χ3v) is 3.29. The Hall–Kier alpha value is -2.96. The summed E-state index contributed by atoms with van der Waals surface area (Å²) in [7, 11) is 1.42. The lowest BCUT2D eigenvalue weighted by molar-refractivity contribution is -0.119. The number of benzene rings is 1. The van der Waals surface area contributed by atoms with Gasteiger partial charge in [-0.15, -0.1) is 0 Å². The highest BCUT2D eigenvalue weighted by atomic mass is 16.5. The summed E-state index contributed by atoms with van der Waals surface area (Å²) in [6.45, 7) is 3.48. The summed E-state index contributed by atoms with van der Waals surface area (Å²) >= 11 is 0. The van der Waals surface area contributed by atoms with E-state index in [0.717, 1.165) is 15.8 Å². The predicted octanol–water partition coefficient (Wildman–Crippen LogP) is 1.19. The maximum absolute atomic E-state index is 11.8. The number of nitrogens with zero attached hydrogens (tertiary/aromatic N) is 2. The normalized spacial score (nSPS) is 10.2. The molecule has 0 saturated heterocycles. The van der Waals surface area contributed by atoms with Crippen LogP contribution in [-0.2, 0) is 16.6 Å². The molecule has 0 unspecified atom stereocenters. The number of amides is 1. The average molecular weight is 315 g/mol. The van der Waals surface area contributed by atoms with Crippen molar-refractivity contribution in [1.29, 1.82) is 0 Å². The van der Waals surface area contributed by atoms with Crippen molar-refractivity contribution in [2.24, 2.45) is 7.05 Å². The van der Waals surface area contributed by atoms with Crippen LogP contribution >= 0.6 is 0 Å². The summed E-state index contributed by atoms with van der Waals surface area (Å²) in [6.07, 6.45) is 0. The zero-order valence-corrected chi connectivity index (χ0v) is 13.1. The number of nitrogens with one attached hydrogen (secondary N) is 1. The van der Waals surface area contributed by atoms with Crippen LogP contribution in [0.1, 0.15) is 21.6 Å². The Labute approximate surface area is 132 Å². The Balaban J connectivity index is 1.93. The van der Waals surface area contributed by atoms with Crippen LogP contribution < -0.4 is 10.9 Å². The van der Waals surface area contributed by atoms with E-state index in [1.165, 1.54) is 19.2 Å². The molecule has 120 valence electrons. The van der Waals surface area contributed by atoms with E-state index in [1.54, 1.807) is 6.07 Å². The van der Waals surface area contributed by atoms with E-state index in [0.29, 0.717) is 5.69 Å². The number of hydrogen-bond donors (Lipinski definition) is 1. The lowest BCUT2D eigenvalue weighted by atomic mass is 10.1. The van der Waals surface area contributed by atoms with Crippen LogP contribution in [-0.4, -0.2) is 28.3 Å². The molecule has 0 aliphatic heterocycles. The average Bonchev–Trinajstić information content (AvgIpc) is 2.51. The number of anilines is 1. The smallest absolute Gasteiger partial charge is 0.359 e. The minimum Gasteiger partial charge on any atom is -0.451 e. The molecule has 2 rings (SSSR count). The molecular weight excluding hydrogens is 298 g/mol. The number of rotatable bonds is 4. The van der Waals surface area contributed by atoms with Gasteiger partial charge in [-0.1, -0.05) is 6.07 Å². The first-order valence-electron chi connectivity index (χ1n) is 6.95. The van der Waals surface area contributed by atoms with Crippen molar-refractivity contribution in [2.45, 2.75) is 13.8 Å². The molecular formula is C16H17N3O4. The number of hydrogen-bond acceptors (Lipinski definition) is 5. The summed E-state index contributed by atoms with van der Waals surface area (Å²) in [5, 5.41) is 6.40. The molecule has 0 radical (unpaired) electrons. The highest BCUT2D eigenvalue weighted by Gasteiger charge is 2.13. The Kier molecular flexibility index (Phi) is 4.90. The van der Waals surface area contributed by atoms with Gasteiger partial charge in [0.2, 0.25) is 0 Å². The van der Waals surface area contributed by atoms with Crippen LogP contribution in [0.4, 0.5) is 5.69 Å². The van der Waals surface area contributed by atoms with Crippen molar-refractivity contribution < 1.29 is 14.3 Å². The molecule has 7 heteroatoms. The number of carbonyl (C=O) groups excluding carboxylic acids is 2. The number of aryl methyl sites for hydroxylation is 3. The monoisotopic (exact) mass is 315 g/mol. The first-order chi connectivity index (χ1) is 10.9. The molecule has 23 heavy (non-hydrogen) atoms. The van der Waals surface area contributed by atoms with Crippen LogP contribution in [0.5, 0.6) is 0 Å². The van der Waals surface area contributed by atoms with E-state index >= 15 is 0 Å². The molecule has 1 N–H and O–H groups in total. The van der Waals surface area contributed by atoms with Gasteiger partial charge in [0.25, 0.3) is 11.5 Å². The third kappa shape index (κ3) is 4.26. The molecule has 0 aliphatic carbocycles. The molecule has 0 bridgehead atoms. The van der Waals surface area contributed by atoms with Crippen molar-refractivity contribution in [2.75, 3.05) is 11.9 Å². The van der Waals surface area contributed by atoms with Crippen molar-refractivity contribution >= 4 is 17.6 Å². The van der Waals surface area contributed by atoms with Gasteiger partial charge in [0.05, 0.1) is 0 Å². The number of carbonyl (C=O) groups is 2. The largest absolute Gasteiger partial charge is 0.451 e. The zero-order valence-electron chi connectivity index (χ0n) is 13.1. The van der Waals surface area contributed by atoms with Gasteiger partial charge in [0.15, 0.2) is 12.3 Å². The minimum absolute atomic E-state index is 0.0360. The van der Waals surface area contributed by atoms with Crippen molar-refractivity contribution in [3.8, 4) is 0 Å². The van der Waals surface area contributed by atoms with Gasteiger partial charge in [-0.25, -0.2) is 9.48 Å². The van der Waals surface area contributed by atoms with Crippen LogP contribution in [0.3, 0.4) is 0 Å². The Morgan fingerprint density at radius 1 is 1.17 bits per heavy atom. The lowest BCUT2D eigenvalue weighted by Crippen LogP contribution is -2.24. The van der Waals surface area contributed by atoms with Crippen LogP contribution in [0, 0.1) is 13.8 Å². The molecule has 0 fully saturated rings. The topological polar surface area (TPSA) is 90.3 Å². The Morgan fingerprint density at radius 3 is 2.57 bits per heavy atom. The zero-order chi connectivity index (χ0) is 17.0. The lowest BCUT2D eigenvalue weighted by Gasteiger charge is -2.08. The molecule has 1 amide bonds. The molecule has 7 nitrogen and oxygen atoms in total. The molecule has 1 aromatic heterocycles. The van der Waals surface area contributed by atoms with Gasteiger partial charge in [-0.05, 0) is 43.2 Å². The van der Waals surface area contributed by atoms with Gasteiger partial charge in [0, 0.05) is 18.8 Å². The van der Waals surface area contributed by atoms with Gasteiger partial charge in [0.1, 0.15) is 0 Å². The molecule has 2 aromatic rings. The van der Waals surface area contributed by atoms with Gasteiger partial charge in [-0.3, -0.25) is 9.59 Å². The fraction of sp³-hybridized carbons (Fsp3) is 0.250. The van der Waals surface area contributed by atoms with E-state index in [1.807, 2.05) is 26.0 Å². The van der Waals surface area contributed by atoms with E-state index in [2.05, 4.69) is 10.4 Å². The molecule has 1 heterocycles. The second-order valence-corrected chi connectivity index (χ2v) is 5.10. The maximum atomic E-state index is 11.8. The number of esters is 1. The fourth-order valence-electron chi connectivity index (χ4n) is 1.83. The Morgan fingerprint density at radius 2 is 1.91 bits per heavy atom. The van der Waals surface area contributed by atoms with Crippen molar-refractivity contribution in [1.82, 2.24) is 9.78 Å². The summed E-state index contributed by atoms with van der Waals surface area (Å²) in [6, 6.07) is 7.97. The molecule has 0 aliphatic rings. The summed E-state index contributed by atoms with van der Waals surface area (Å²) in [5.74, 6) is -1.22. The molecule has 0 spiro atoms. The fourth-order valence-corrected chi connectivity index (χ4v) is 1.83. The third-order valence-electron chi connectivity index (χ3n) is 3.29. The molecule has 0 saturated carbocycles. The van der Waals surface area contributed by atoms with E-state index in [-0.39, 0.29) is 11.3 Å². The second-order valence-electron chi connectivity index (χ2n) is 5.10. The first-order valence-corrected chi connectivity index (χ1v) is 6.95. The molecule has 1 aromatic carbocycles. The van der Waals surface area contributed by atoms with Crippen molar-refractivity contribution in [3.05, 3.63) is 57.5 Å². The summed E-state index contributed by atoms with van der Waals surface area (Å²) < 4.78 is 5.90. The minimum atomic E-state index is -0.768. The number of aromatic nitrogens is 2. The van der Waals surface area contributed by atoms with Gasteiger partial charge < -0.3 is 10.1 Å². The number of ether oxygens (including phenoxy) is 1. The highest BCUT2D eigenvalue weighted by molar-refractivity contribution is 5.94. The van der Waals surface area contributed by atoms with Gasteiger partial charge in [-0.2, -0.15) is 5.10 Å². The predicted molar refractivity (Wildman–Crippen MR) is 84.3 cm³/mol. The van der Waals surface area contributed by atoms with Crippen LogP contribution in [0.25, 0.3) is 0 Å². The van der Waals surface area contributed by atoms with E-state index < -0.39 is 18.5 Å². The van der Waals surface area contributed by atoms with Crippen molar-refractivity contribution in [3.63, 3.8) is 0 Å². The van der Waals surface area contributed by atoms with Crippen LogP contribution in [0.2, 0.25) is 0 Å². The van der Waals surface area contributed by atoms with E-state index in [9.17, 15) is 14.4 Å². The Bertz CT molecular complexity index is 811. The summed E-state index contributed by atoms with van der Waals surface area (Å²) in [4.78, 5) is 34.8. The second kappa shape index (κ2) is 6.87. The molecule has 0 atom stereocenters. The van der Waals surface area contributed by atoms with E-state index in [4.69, 9.17) is 4.74 Å². The standard InChI is InChI=1S/C16H17N3O4/c1-10-4-5-12(8-11(10)2)17-14(20)9-23-16(22)13-6-7-15(21)19(3)18-13/h4-8H,9H2,1-3H3,(H,17,20). The van der Waals surface area contributed by atoms with Gasteiger partial charge >= 0.3 is 5.97 Å². The quantitative estimate of drug-likeness (QED) is 0.856. The first kappa shape index (κ1) is 16.4. The van der Waals surface area contributed by atoms with Crippen LogP contribution in [0.15, 0.2) is 35.1 Å². The summed E-state index contributed by atoms with van der Waals surface area (Å²) in [5.41, 5.74) is 2.43. The highest BCUT2D eigenvalue weighted by Crippen LogP contribution is 2.13. The maximum Gasteiger partial charge on any atom is 0.359 e. The SMILES string of the molecule is Cc1ccc(NC(=O)COC(=O)c2ccc(=O)n(C)n2)cc1C.